The fourth-order valence-electron chi connectivity index (χ4n) is 4.51. The number of rotatable bonds is 6. The van der Waals surface area contributed by atoms with Gasteiger partial charge >= 0.3 is 0 Å². The molecule has 0 amide bonds. The van der Waals surface area contributed by atoms with Gasteiger partial charge in [0, 0.05) is 52.2 Å². The second-order valence-corrected chi connectivity index (χ2v) is 9.43. The standard InChI is InChI=1S/C30H26ClN5O2/c1-37-24-9-4-21(5-10-24)28-19-27(34-30(35-28)36-14-16-38-17-15-36)20-2-7-23(8-3-20)33-26-12-13-32-29-18-22(31)6-11-25(26)29/h2-13,18-19H,14-17H2,1H3,(H,32,33). The number of anilines is 3. The second-order valence-electron chi connectivity index (χ2n) is 8.99. The van der Waals surface area contributed by atoms with E-state index in [1.165, 1.54) is 0 Å². The number of fused-ring (bicyclic) bond motifs is 1. The predicted molar refractivity (Wildman–Crippen MR) is 153 cm³/mol. The van der Waals surface area contributed by atoms with Crippen molar-refractivity contribution < 1.29 is 9.47 Å². The fourth-order valence-corrected chi connectivity index (χ4v) is 4.67. The lowest BCUT2D eigenvalue weighted by Gasteiger charge is -2.27. The highest BCUT2D eigenvalue weighted by Crippen LogP contribution is 2.31. The van der Waals surface area contributed by atoms with Crippen LogP contribution in [0, 0.1) is 0 Å². The number of ether oxygens (including phenoxy) is 2. The summed E-state index contributed by atoms with van der Waals surface area (Å²) in [5, 5.41) is 5.18. The smallest absolute Gasteiger partial charge is 0.226 e. The molecule has 0 spiro atoms. The van der Waals surface area contributed by atoms with Crippen molar-refractivity contribution in [3.63, 3.8) is 0 Å². The molecule has 3 aromatic carbocycles. The number of pyridine rings is 1. The van der Waals surface area contributed by atoms with Crippen molar-refractivity contribution in [1.29, 1.82) is 0 Å². The monoisotopic (exact) mass is 523 g/mol. The summed E-state index contributed by atoms with van der Waals surface area (Å²) in [7, 11) is 1.67. The van der Waals surface area contributed by atoms with Crippen LogP contribution in [-0.4, -0.2) is 48.4 Å². The third-order valence-electron chi connectivity index (χ3n) is 6.56. The number of nitrogens with one attached hydrogen (secondary N) is 1. The largest absolute Gasteiger partial charge is 0.497 e. The molecular formula is C30H26ClN5O2. The molecule has 0 radical (unpaired) electrons. The van der Waals surface area contributed by atoms with E-state index >= 15 is 0 Å². The Bertz CT molecular complexity index is 1570. The highest BCUT2D eigenvalue weighted by atomic mass is 35.5. The Morgan fingerprint density at radius 1 is 0.842 bits per heavy atom. The highest BCUT2D eigenvalue weighted by molar-refractivity contribution is 6.31. The molecule has 8 heteroatoms. The molecule has 1 N–H and O–H groups in total. The van der Waals surface area contributed by atoms with Crippen LogP contribution in [0.1, 0.15) is 0 Å². The van der Waals surface area contributed by atoms with Gasteiger partial charge in [0.2, 0.25) is 5.95 Å². The van der Waals surface area contributed by atoms with Gasteiger partial charge < -0.3 is 19.7 Å². The van der Waals surface area contributed by atoms with Crippen LogP contribution in [0.15, 0.2) is 85.1 Å². The zero-order chi connectivity index (χ0) is 25.9. The van der Waals surface area contributed by atoms with Crippen molar-refractivity contribution >= 4 is 39.8 Å². The van der Waals surface area contributed by atoms with Crippen LogP contribution in [0.4, 0.5) is 17.3 Å². The lowest BCUT2D eigenvalue weighted by atomic mass is 10.1. The van der Waals surface area contributed by atoms with Crippen LogP contribution < -0.4 is 15.0 Å². The van der Waals surface area contributed by atoms with Gasteiger partial charge in [0.25, 0.3) is 0 Å². The summed E-state index contributed by atoms with van der Waals surface area (Å²) >= 11 is 6.15. The van der Waals surface area contributed by atoms with Gasteiger partial charge in [-0.3, -0.25) is 4.98 Å². The number of benzene rings is 3. The van der Waals surface area contributed by atoms with Gasteiger partial charge in [0.1, 0.15) is 5.75 Å². The van der Waals surface area contributed by atoms with E-state index in [1.54, 1.807) is 13.3 Å². The topological polar surface area (TPSA) is 72.4 Å². The lowest BCUT2D eigenvalue weighted by Crippen LogP contribution is -2.37. The minimum absolute atomic E-state index is 0.668. The van der Waals surface area contributed by atoms with Crippen LogP contribution in [0.25, 0.3) is 33.4 Å². The average molecular weight is 524 g/mol. The van der Waals surface area contributed by atoms with Crippen molar-refractivity contribution in [2.75, 3.05) is 43.6 Å². The van der Waals surface area contributed by atoms with E-state index in [0.717, 1.165) is 63.6 Å². The number of hydrogen-bond acceptors (Lipinski definition) is 7. The van der Waals surface area contributed by atoms with Gasteiger partial charge in [-0.25, -0.2) is 9.97 Å². The molecule has 0 saturated carbocycles. The molecule has 1 aliphatic heterocycles. The van der Waals surface area contributed by atoms with Gasteiger partial charge in [-0.2, -0.15) is 0 Å². The summed E-state index contributed by atoms with van der Waals surface area (Å²) in [6.45, 7) is 2.86. The molecule has 1 fully saturated rings. The Balaban J connectivity index is 1.33. The van der Waals surface area contributed by atoms with Crippen molar-refractivity contribution in [3.8, 4) is 28.3 Å². The number of halogens is 1. The summed E-state index contributed by atoms with van der Waals surface area (Å²) in [6.07, 6.45) is 1.78. The molecule has 2 aromatic heterocycles. The summed E-state index contributed by atoms with van der Waals surface area (Å²) < 4.78 is 10.9. The van der Waals surface area contributed by atoms with Crippen LogP contribution in [0.5, 0.6) is 5.75 Å². The van der Waals surface area contributed by atoms with Gasteiger partial charge in [0.05, 0.1) is 37.2 Å². The maximum Gasteiger partial charge on any atom is 0.226 e. The zero-order valence-electron chi connectivity index (χ0n) is 20.9. The summed E-state index contributed by atoms with van der Waals surface area (Å²) in [5.74, 6) is 1.52. The Kier molecular flexibility index (Phi) is 6.77. The van der Waals surface area contributed by atoms with Gasteiger partial charge in [-0.1, -0.05) is 23.7 Å². The second kappa shape index (κ2) is 10.7. The number of methoxy groups -OCH3 is 1. The molecule has 3 heterocycles. The third-order valence-corrected chi connectivity index (χ3v) is 6.79. The Morgan fingerprint density at radius 2 is 1.53 bits per heavy atom. The van der Waals surface area contributed by atoms with Crippen molar-refractivity contribution in [2.24, 2.45) is 0 Å². The number of morpholine rings is 1. The first-order valence-corrected chi connectivity index (χ1v) is 12.8. The molecule has 0 unspecified atom stereocenters. The molecule has 0 bridgehead atoms. The van der Waals surface area contributed by atoms with E-state index in [-0.39, 0.29) is 0 Å². The molecule has 5 aromatic rings. The molecule has 190 valence electrons. The van der Waals surface area contributed by atoms with E-state index in [4.69, 9.17) is 31.0 Å². The normalized spacial score (nSPS) is 13.5. The van der Waals surface area contributed by atoms with Crippen LogP contribution in [-0.2, 0) is 4.74 Å². The SMILES string of the molecule is COc1ccc(-c2cc(-c3ccc(Nc4ccnc5cc(Cl)ccc45)cc3)nc(N3CCOCC3)n2)cc1. The molecule has 0 aliphatic carbocycles. The molecular weight excluding hydrogens is 498 g/mol. The Hall–Kier alpha value is -4.20. The van der Waals surface area contributed by atoms with E-state index in [9.17, 15) is 0 Å². The maximum atomic E-state index is 6.15. The predicted octanol–water partition coefficient (Wildman–Crippen LogP) is 6.60. The number of nitrogens with zero attached hydrogens (tertiary/aromatic N) is 4. The first-order valence-electron chi connectivity index (χ1n) is 12.4. The van der Waals surface area contributed by atoms with E-state index in [2.05, 4.69) is 39.5 Å². The van der Waals surface area contributed by atoms with Crippen LogP contribution >= 0.6 is 11.6 Å². The molecule has 0 atom stereocenters. The first-order chi connectivity index (χ1) is 18.7. The summed E-state index contributed by atoms with van der Waals surface area (Å²) in [6, 6.07) is 25.9. The van der Waals surface area contributed by atoms with Gasteiger partial charge in [-0.05, 0) is 66.7 Å². The number of aromatic nitrogens is 3. The lowest BCUT2D eigenvalue weighted by molar-refractivity contribution is 0.122. The fraction of sp³-hybridized carbons (Fsp3) is 0.167. The Morgan fingerprint density at radius 3 is 2.21 bits per heavy atom. The van der Waals surface area contributed by atoms with Crippen LogP contribution in [0.2, 0.25) is 5.02 Å². The molecule has 7 nitrogen and oxygen atoms in total. The minimum Gasteiger partial charge on any atom is -0.497 e. The quantitative estimate of drug-likeness (QED) is 0.269. The highest BCUT2D eigenvalue weighted by Gasteiger charge is 2.17. The van der Waals surface area contributed by atoms with Crippen molar-refractivity contribution in [3.05, 3.63) is 90.1 Å². The summed E-state index contributed by atoms with van der Waals surface area (Å²) in [4.78, 5) is 16.5. The molecule has 6 rings (SSSR count). The minimum atomic E-state index is 0.668. The zero-order valence-corrected chi connectivity index (χ0v) is 21.7. The van der Waals surface area contributed by atoms with Gasteiger partial charge in [-0.15, -0.1) is 0 Å². The van der Waals surface area contributed by atoms with E-state index in [1.807, 2.05) is 54.6 Å². The summed E-state index contributed by atoms with van der Waals surface area (Å²) in [5.41, 5.74) is 6.53. The van der Waals surface area contributed by atoms with E-state index < -0.39 is 0 Å². The third kappa shape index (κ3) is 5.11. The van der Waals surface area contributed by atoms with E-state index in [0.29, 0.717) is 24.2 Å². The molecule has 1 saturated heterocycles. The average Bonchev–Trinajstić information content (AvgIpc) is 2.98. The van der Waals surface area contributed by atoms with Crippen molar-refractivity contribution in [1.82, 2.24) is 15.0 Å². The first kappa shape index (κ1) is 24.2. The Labute approximate surface area is 226 Å². The molecule has 1 aliphatic rings. The van der Waals surface area contributed by atoms with Crippen LogP contribution in [0.3, 0.4) is 0 Å². The van der Waals surface area contributed by atoms with Gasteiger partial charge in [0.15, 0.2) is 0 Å². The maximum absolute atomic E-state index is 6.15. The number of hydrogen-bond donors (Lipinski definition) is 1. The van der Waals surface area contributed by atoms with Crippen molar-refractivity contribution in [2.45, 2.75) is 0 Å². The molecule has 38 heavy (non-hydrogen) atoms.